The van der Waals surface area contributed by atoms with Crippen LogP contribution >= 0.6 is 0 Å². The summed E-state index contributed by atoms with van der Waals surface area (Å²) < 4.78 is 14.6. The van der Waals surface area contributed by atoms with Gasteiger partial charge in [0.25, 0.3) is 0 Å². The van der Waals surface area contributed by atoms with Gasteiger partial charge in [-0.3, -0.25) is 4.79 Å². The maximum atomic E-state index is 12.8. The van der Waals surface area contributed by atoms with E-state index in [9.17, 15) is 9.18 Å². The van der Waals surface area contributed by atoms with E-state index in [4.69, 9.17) is 0 Å². The lowest BCUT2D eigenvalue weighted by molar-refractivity contribution is -0.119. The Morgan fingerprint density at radius 1 is 1.32 bits per heavy atom. The number of rotatable bonds is 5. The number of benzene rings is 1. The highest BCUT2D eigenvalue weighted by atomic mass is 19.1. The highest BCUT2D eigenvalue weighted by Gasteiger charge is 2.11. The number of carbonyl (C=O) groups is 1. The second-order valence-electron chi connectivity index (χ2n) is 4.91. The van der Waals surface area contributed by atoms with Crippen molar-refractivity contribution < 1.29 is 9.18 Å². The molecule has 1 aromatic heterocycles. The first-order valence-corrected chi connectivity index (χ1v) is 6.33. The Balaban J connectivity index is 2.01. The molecule has 2 aromatic rings. The van der Waals surface area contributed by atoms with Crippen LogP contribution in [0.1, 0.15) is 31.2 Å². The van der Waals surface area contributed by atoms with Gasteiger partial charge in [-0.1, -0.05) is 26.0 Å². The average Bonchev–Trinajstić information content (AvgIpc) is 2.80. The third-order valence-electron chi connectivity index (χ3n) is 2.93. The highest BCUT2D eigenvalue weighted by Crippen LogP contribution is 2.12. The summed E-state index contributed by atoms with van der Waals surface area (Å²) in [5.74, 6) is 1.00. The summed E-state index contributed by atoms with van der Waals surface area (Å²) in [5.41, 5.74) is 0.831. The monoisotopic (exact) mass is 260 g/mol. The van der Waals surface area contributed by atoms with Gasteiger partial charge in [0, 0.05) is 24.7 Å². The van der Waals surface area contributed by atoms with Gasteiger partial charge in [0.2, 0.25) is 0 Å². The first kappa shape index (κ1) is 13.5. The number of imidazole rings is 1. The Bertz CT molecular complexity index is 558. The lowest BCUT2D eigenvalue weighted by Gasteiger charge is -2.09. The Kier molecular flexibility index (Phi) is 4.10. The maximum absolute atomic E-state index is 12.8. The van der Waals surface area contributed by atoms with Crippen LogP contribution in [0, 0.1) is 5.82 Å². The van der Waals surface area contributed by atoms with Crippen LogP contribution < -0.4 is 0 Å². The van der Waals surface area contributed by atoms with Gasteiger partial charge < -0.3 is 4.57 Å². The average molecular weight is 260 g/mol. The molecule has 3 nitrogen and oxygen atoms in total. The van der Waals surface area contributed by atoms with Gasteiger partial charge in [-0.15, -0.1) is 0 Å². The number of halogens is 1. The van der Waals surface area contributed by atoms with Crippen molar-refractivity contribution in [3.63, 3.8) is 0 Å². The largest absolute Gasteiger partial charge is 0.327 e. The lowest BCUT2D eigenvalue weighted by atomic mass is 10.1. The van der Waals surface area contributed by atoms with Crippen molar-refractivity contribution in [3.05, 3.63) is 53.9 Å². The molecule has 0 fully saturated rings. The Hall–Kier alpha value is -1.97. The number of aromatic nitrogens is 2. The molecule has 19 heavy (non-hydrogen) atoms. The Labute approximate surface area is 112 Å². The first-order chi connectivity index (χ1) is 9.06. The molecule has 0 amide bonds. The molecule has 0 N–H and O–H groups in total. The molecule has 0 unspecified atom stereocenters. The molecule has 0 atom stereocenters. The molecule has 0 aliphatic heterocycles. The van der Waals surface area contributed by atoms with E-state index in [1.807, 2.05) is 24.6 Å². The molecule has 0 aliphatic rings. The van der Waals surface area contributed by atoms with Gasteiger partial charge in [0.1, 0.15) is 11.6 Å². The molecule has 0 aliphatic carbocycles. The van der Waals surface area contributed by atoms with Gasteiger partial charge in [-0.05, 0) is 17.7 Å². The topological polar surface area (TPSA) is 34.9 Å². The van der Waals surface area contributed by atoms with Crippen molar-refractivity contribution >= 4 is 5.78 Å². The van der Waals surface area contributed by atoms with Gasteiger partial charge in [0.05, 0.1) is 6.54 Å². The zero-order chi connectivity index (χ0) is 13.8. The highest BCUT2D eigenvalue weighted by molar-refractivity contribution is 5.80. The SMILES string of the molecule is CC(C)c1nccn1CC(=O)Cc1ccc(F)cc1. The van der Waals surface area contributed by atoms with E-state index in [1.54, 1.807) is 18.3 Å². The second-order valence-corrected chi connectivity index (χ2v) is 4.91. The van der Waals surface area contributed by atoms with Crippen molar-refractivity contribution in [2.45, 2.75) is 32.7 Å². The number of carbonyl (C=O) groups excluding carboxylic acids is 1. The fourth-order valence-electron chi connectivity index (χ4n) is 2.03. The van der Waals surface area contributed by atoms with Crippen LogP contribution in [0.5, 0.6) is 0 Å². The van der Waals surface area contributed by atoms with Crippen molar-refractivity contribution in [1.29, 1.82) is 0 Å². The predicted octanol–water partition coefficient (Wildman–Crippen LogP) is 2.96. The van der Waals surface area contributed by atoms with Gasteiger partial charge >= 0.3 is 0 Å². The number of Topliss-reactive ketones (excluding diaryl/α,β-unsaturated/α-hetero) is 1. The molecule has 0 radical (unpaired) electrons. The van der Waals surface area contributed by atoms with Gasteiger partial charge in [0.15, 0.2) is 5.78 Å². The number of ketones is 1. The van der Waals surface area contributed by atoms with E-state index < -0.39 is 0 Å². The van der Waals surface area contributed by atoms with Crippen molar-refractivity contribution in [1.82, 2.24) is 9.55 Å². The van der Waals surface area contributed by atoms with Crippen LogP contribution in [0.4, 0.5) is 4.39 Å². The summed E-state index contributed by atoms with van der Waals surface area (Å²) in [7, 11) is 0. The van der Waals surface area contributed by atoms with Crippen LogP contribution in [0.15, 0.2) is 36.7 Å². The molecule has 0 saturated heterocycles. The Morgan fingerprint density at radius 3 is 2.63 bits per heavy atom. The minimum atomic E-state index is -0.284. The van der Waals surface area contributed by atoms with Crippen LogP contribution in [-0.2, 0) is 17.8 Å². The molecule has 4 heteroatoms. The van der Waals surface area contributed by atoms with Gasteiger partial charge in [-0.25, -0.2) is 9.37 Å². The molecule has 2 rings (SSSR count). The maximum Gasteiger partial charge on any atom is 0.156 e. The van der Waals surface area contributed by atoms with E-state index in [2.05, 4.69) is 4.98 Å². The quantitative estimate of drug-likeness (QED) is 0.828. The summed E-state index contributed by atoms with van der Waals surface area (Å²) in [4.78, 5) is 16.2. The molecule has 0 bridgehead atoms. The minimum absolute atomic E-state index is 0.0894. The number of hydrogen-bond acceptors (Lipinski definition) is 2. The zero-order valence-corrected chi connectivity index (χ0v) is 11.1. The normalized spacial score (nSPS) is 10.9. The fraction of sp³-hybridized carbons (Fsp3) is 0.333. The van der Waals surface area contributed by atoms with Crippen LogP contribution in [0.25, 0.3) is 0 Å². The fourth-order valence-corrected chi connectivity index (χ4v) is 2.03. The second kappa shape index (κ2) is 5.78. The third-order valence-corrected chi connectivity index (χ3v) is 2.93. The number of nitrogens with zero attached hydrogens (tertiary/aromatic N) is 2. The van der Waals surface area contributed by atoms with Crippen molar-refractivity contribution in [2.75, 3.05) is 0 Å². The van der Waals surface area contributed by atoms with Crippen molar-refractivity contribution in [2.24, 2.45) is 0 Å². The van der Waals surface area contributed by atoms with E-state index >= 15 is 0 Å². The van der Waals surface area contributed by atoms with Crippen LogP contribution in [0.2, 0.25) is 0 Å². The van der Waals surface area contributed by atoms with E-state index in [1.165, 1.54) is 12.1 Å². The molecule has 1 heterocycles. The summed E-state index contributed by atoms with van der Waals surface area (Å²) >= 11 is 0. The lowest BCUT2D eigenvalue weighted by Crippen LogP contribution is -2.15. The van der Waals surface area contributed by atoms with E-state index in [0.29, 0.717) is 13.0 Å². The Morgan fingerprint density at radius 2 is 2.00 bits per heavy atom. The summed E-state index contributed by atoms with van der Waals surface area (Å²) in [6.45, 7) is 4.40. The minimum Gasteiger partial charge on any atom is -0.327 e. The van der Waals surface area contributed by atoms with E-state index in [0.717, 1.165) is 11.4 Å². The van der Waals surface area contributed by atoms with Crippen LogP contribution in [-0.4, -0.2) is 15.3 Å². The molecular weight excluding hydrogens is 243 g/mol. The third kappa shape index (κ3) is 3.50. The molecule has 0 saturated carbocycles. The molecule has 1 aromatic carbocycles. The smallest absolute Gasteiger partial charge is 0.156 e. The molecule has 100 valence electrons. The molecular formula is C15H17FN2O. The zero-order valence-electron chi connectivity index (χ0n) is 11.1. The summed E-state index contributed by atoms with van der Waals surface area (Å²) in [6, 6.07) is 6.04. The number of hydrogen-bond donors (Lipinski definition) is 0. The summed E-state index contributed by atoms with van der Waals surface area (Å²) in [5, 5.41) is 0. The van der Waals surface area contributed by atoms with Gasteiger partial charge in [-0.2, -0.15) is 0 Å². The predicted molar refractivity (Wildman–Crippen MR) is 71.4 cm³/mol. The molecule has 0 spiro atoms. The standard InChI is InChI=1S/C15H17FN2O/c1-11(2)15-17-7-8-18(15)10-14(19)9-12-3-5-13(16)6-4-12/h3-8,11H,9-10H2,1-2H3. The van der Waals surface area contributed by atoms with E-state index in [-0.39, 0.29) is 17.5 Å². The summed E-state index contributed by atoms with van der Waals surface area (Å²) in [6.07, 6.45) is 3.84. The van der Waals surface area contributed by atoms with Crippen LogP contribution in [0.3, 0.4) is 0 Å². The van der Waals surface area contributed by atoms with Crippen molar-refractivity contribution in [3.8, 4) is 0 Å². The first-order valence-electron chi connectivity index (χ1n) is 6.33.